The van der Waals surface area contributed by atoms with Crippen molar-refractivity contribution in [2.75, 3.05) is 0 Å². The minimum absolute atomic E-state index is 1.20. The molecule has 0 amide bonds. The summed E-state index contributed by atoms with van der Waals surface area (Å²) in [5, 5.41) is 10.4. The first-order chi connectivity index (χ1) is 15.4. The van der Waals surface area contributed by atoms with E-state index in [1.54, 1.807) is 0 Å². The molecule has 0 atom stereocenters. The first-order valence-electron chi connectivity index (χ1n) is 10.7. The fourth-order valence-corrected chi connectivity index (χ4v) is 5.21. The van der Waals surface area contributed by atoms with Gasteiger partial charge in [-0.1, -0.05) is 97.1 Å². The van der Waals surface area contributed by atoms with E-state index >= 15 is 0 Å². The molecule has 7 rings (SSSR count). The van der Waals surface area contributed by atoms with Crippen molar-refractivity contribution in [2.45, 2.75) is 0 Å². The van der Waals surface area contributed by atoms with Crippen molar-refractivity contribution in [2.24, 2.45) is 0 Å². The zero-order chi connectivity index (χ0) is 20.4. The Hall–Kier alpha value is -4.10. The molecule has 1 heterocycles. The Kier molecular flexibility index (Phi) is 3.33. The molecule has 0 spiro atoms. The van der Waals surface area contributed by atoms with Gasteiger partial charge >= 0.3 is 0 Å². The van der Waals surface area contributed by atoms with E-state index in [1.807, 2.05) is 0 Å². The van der Waals surface area contributed by atoms with Crippen LogP contribution in [0.2, 0.25) is 0 Å². The van der Waals surface area contributed by atoms with E-state index in [2.05, 4.69) is 120 Å². The van der Waals surface area contributed by atoms with E-state index in [0.717, 1.165) is 0 Å². The Labute approximate surface area is 179 Å². The lowest BCUT2D eigenvalue weighted by Crippen LogP contribution is -1.95. The van der Waals surface area contributed by atoms with Gasteiger partial charge in [0.1, 0.15) is 0 Å². The minimum atomic E-state index is 1.20. The molecule has 1 aromatic heterocycles. The number of para-hydroxylation sites is 1. The van der Waals surface area contributed by atoms with Crippen LogP contribution in [0, 0.1) is 0 Å². The van der Waals surface area contributed by atoms with Crippen LogP contribution in [0.1, 0.15) is 0 Å². The topological polar surface area (TPSA) is 4.93 Å². The van der Waals surface area contributed by atoms with Crippen LogP contribution in [-0.4, -0.2) is 4.57 Å². The van der Waals surface area contributed by atoms with E-state index in [1.165, 1.54) is 59.8 Å². The molecule has 0 saturated heterocycles. The third-order valence-electron chi connectivity index (χ3n) is 6.53. The van der Waals surface area contributed by atoms with Crippen molar-refractivity contribution in [3.8, 4) is 5.69 Å². The zero-order valence-electron chi connectivity index (χ0n) is 16.9. The first-order valence-corrected chi connectivity index (χ1v) is 10.7. The predicted molar refractivity (Wildman–Crippen MR) is 133 cm³/mol. The molecule has 0 N–H and O–H groups in total. The molecule has 31 heavy (non-hydrogen) atoms. The smallest absolute Gasteiger partial charge is 0.0625 e. The van der Waals surface area contributed by atoms with Crippen molar-refractivity contribution in [1.29, 1.82) is 0 Å². The van der Waals surface area contributed by atoms with E-state index in [4.69, 9.17) is 0 Å². The third kappa shape index (κ3) is 2.26. The maximum Gasteiger partial charge on any atom is 0.0625 e. The molecule has 1 heteroatoms. The number of aromatic nitrogens is 1. The highest BCUT2D eigenvalue weighted by atomic mass is 15.0. The van der Waals surface area contributed by atoms with Crippen LogP contribution < -0.4 is 0 Å². The summed E-state index contributed by atoms with van der Waals surface area (Å²) in [6, 6.07) is 41.8. The van der Waals surface area contributed by atoms with Gasteiger partial charge < -0.3 is 4.57 Å². The van der Waals surface area contributed by atoms with E-state index in [0.29, 0.717) is 0 Å². The van der Waals surface area contributed by atoms with Crippen LogP contribution in [0.3, 0.4) is 0 Å². The number of fused-ring (bicyclic) bond motifs is 9. The van der Waals surface area contributed by atoms with Gasteiger partial charge in [-0.3, -0.25) is 0 Å². The molecule has 0 saturated carbocycles. The van der Waals surface area contributed by atoms with Crippen molar-refractivity contribution in [3.05, 3.63) is 115 Å². The highest BCUT2D eigenvalue weighted by Gasteiger charge is 2.18. The molecule has 0 aliphatic rings. The molecule has 6 aromatic carbocycles. The molecule has 0 bridgehead atoms. The quantitative estimate of drug-likeness (QED) is 0.247. The monoisotopic (exact) mass is 393 g/mol. The molecule has 0 fully saturated rings. The van der Waals surface area contributed by atoms with E-state index < -0.39 is 0 Å². The Morgan fingerprint density at radius 1 is 0.419 bits per heavy atom. The molecule has 7 aromatic rings. The second-order valence-corrected chi connectivity index (χ2v) is 8.20. The summed E-state index contributed by atoms with van der Waals surface area (Å²) in [5.41, 5.74) is 3.73. The lowest BCUT2D eigenvalue weighted by Gasteiger charge is -2.13. The summed E-state index contributed by atoms with van der Waals surface area (Å²) < 4.78 is 2.45. The highest BCUT2D eigenvalue weighted by molar-refractivity contribution is 6.32. The Bertz CT molecular complexity index is 1790. The first kappa shape index (κ1) is 16.7. The van der Waals surface area contributed by atoms with Gasteiger partial charge in [0.05, 0.1) is 11.0 Å². The van der Waals surface area contributed by atoms with Crippen LogP contribution in [0.5, 0.6) is 0 Å². The molecular weight excluding hydrogens is 374 g/mol. The number of nitrogens with zero attached hydrogens (tertiary/aromatic N) is 1. The lowest BCUT2D eigenvalue weighted by atomic mass is 9.97. The average molecular weight is 393 g/mol. The van der Waals surface area contributed by atoms with Crippen molar-refractivity contribution < 1.29 is 0 Å². The predicted octanol–water partition coefficient (Wildman–Crippen LogP) is 8.24. The van der Waals surface area contributed by atoms with Gasteiger partial charge in [-0.25, -0.2) is 0 Å². The van der Waals surface area contributed by atoms with Crippen LogP contribution >= 0.6 is 0 Å². The molecule has 0 radical (unpaired) electrons. The Morgan fingerprint density at radius 3 is 1.81 bits per heavy atom. The third-order valence-corrected chi connectivity index (χ3v) is 6.53. The molecule has 144 valence electrons. The van der Waals surface area contributed by atoms with Crippen molar-refractivity contribution in [1.82, 2.24) is 4.57 Å². The van der Waals surface area contributed by atoms with Crippen LogP contribution in [0.25, 0.3) is 59.8 Å². The normalized spacial score (nSPS) is 11.9. The summed E-state index contributed by atoms with van der Waals surface area (Å²) in [4.78, 5) is 0. The van der Waals surface area contributed by atoms with Gasteiger partial charge in [-0.2, -0.15) is 0 Å². The van der Waals surface area contributed by atoms with Gasteiger partial charge in [0.15, 0.2) is 0 Å². The van der Waals surface area contributed by atoms with Crippen molar-refractivity contribution in [3.63, 3.8) is 0 Å². The molecule has 1 nitrogen and oxygen atoms in total. The standard InChI is InChI=1S/C30H19N/c1-2-10-21-19-22(18-17-20(21)9-1)31-28-16-8-7-15-27(28)29-25-13-5-3-11-23(25)24-12-4-6-14-26(24)30(29)31/h1-19H. The van der Waals surface area contributed by atoms with Crippen molar-refractivity contribution >= 4 is 54.1 Å². The fourth-order valence-electron chi connectivity index (χ4n) is 5.21. The van der Waals surface area contributed by atoms with Crippen LogP contribution in [0.4, 0.5) is 0 Å². The van der Waals surface area contributed by atoms with Gasteiger partial charge in [0.25, 0.3) is 0 Å². The Morgan fingerprint density at radius 2 is 1.00 bits per heavy atom. The van der Waals surface area contributed by atoms with Crippen LogP contribution in [0.15, 0.2) is 115 Å². The van der Waals surface area contributed by atoms with E-state index in [-0.39, 0.29) is 0 Å². The number of hydrogen-bond acceptors (Lipinski definition) is 0. The summed E-state index contributed by atoms with van der Waals surface area (Å²) in [7, 11) is 0. The maximum absolute atomic E-state index is 2.45. The molecule has 0 aliphatic heterocycles. The van der Waals surface area contributed by atoms with Crippen LogP contribution in [-0.2, 0) is 0 Å². The SMILES string of the molecule is c1ccc2cc(-n3c4ccccc4c4c5ccccc5c5ccccc5c43)ccc2c1. The van der Waals surface area contributed by atoms with Gasteiger partial charge in [-0.15, -0.1) is 0 Å². The van der Waals surface area contributed by atoms with Gasteiger partial charge in [-0.05, 0) is 45.1 Å². The lowest BCUT2D eigenvalue weighted by molar-refractivity contribution is 1.19. The number of hydrogen-bond donors (Lipinski definition) is 0. The molecule has 0 unspecified atom stereocenters. The summed E-state index contributed by atoms with van der Waals surface area (Å²) in [6.07, 6.45) is 0. The summed E-state index contributed by atoms with van der Waals surface area (Å²) >= 11 is 0. The highest BCUT2D eigenvalue weighted by Crippen LogP contribution is 2.42. The minimum Gasteiger partial charge on any atom is -0.309 e. The number of rotatable bonds is 1. The maximum atomic E-state index is 2.45. The second kappa shape index (κ2) is 6.20. The summed E-state index contributed by atoms with van der Waals surface area (Å²) in [6.45, 7) is 0. The van der Waals surface area contributed by atoms with E-state index in [9.17, 15) is 0 Å². The molecule has 0 aliphatic carbocycles. The molecular formula is C30H19N. The zero-order valence-corrected chi connectivity index (χ0v) is 16.9. The average Bonchev–Trinajstić information content (AvgIpc) is 3.20. The largest absolute Gasteiger partial charge is 0.309 e. The second-order valence-electron chi connectivity index (χ2n) is 8.20. The Balaban J connectivity index is 1.78. The number of benzene rings is 6. The summed E-state index contributed by atoms with van der Waals surface area (Å²) in [5.74, 6) is 0. The van der Waals surface area contributed by atoms with Gasteiger partial charge in [0, 0.05) is 21.8 Å². The van der Waals surface area contributed by atoms with Gasteiger partial charge in [0.2, 0.25) is 0 Å². The fraction of sp³-hybridized carbons (Fsp3) is 0.